The van der Waals surface area contributed by atoms with E-state index < -0.39 is 0 Å². The van der Waals surface area contributed by atoms with Crippen LogP contribution in [-0.4, -0.2) is 19.9 Å². The zero-order chi connectivity index (χ0) is 17.5. The fourth-order valence-electron chi connectivity index (χ4n) is 3.19. The number of aryl methyl sites for hydroxylation is 2. The summed E-state index contributed by atoms with van der Waals surface area (Å²) in [5.41, 5.74) is 2.18. The number of rotatable bonds is 3. The van der Waals surface area contributed by atoms with Gasteiger partial charge in [-0.2, -0.15) is 4.98 Å². The van der Waals surface area contributed by atoms with Crippen molar-refractivity contribution >= 4 is 33.2 Å². The maximum Gasteiger partial charge on any atom is 0.232 e. The predicted octanol–water partition coefficient (Wildman–Crippen LogP) is 5.08. The lowest BCUT2D eigenvalue weighted by molar-refractivity contribution is 0.466. The van der Waals surface area contributed by atoms with E-state index >= 15 is 0 Å². The lowest BCUT2D eigenvalue weighted by atomic mass is 10.2. The molecule has 0 amide bonds. The number of thiophene rings is 1. The Bertz CT molecular complexity index is 1100. The molecule has 1 aliphatic carbocycles. The molecular weight excluding hydrogens is 368 g/mol. The highest BCUT2D eigenvalue weighted by molar-refractivity contribution is 7.19. The number of fused-ring (bicyclic) bond motifs is 3. The number of ether oxygens (including phenoxy) is 1. The molecule has 26 heavy (non-hydrogen) atoms. The molecule has 0 aromatic carbocycles. The van der Waals surface area contributed by atoms with Gasteiger partial charge in [0.15, 0.2) is 5.82 Å². The van der Waals surface area contributed by atoms with Gasteiger partial charge in [-0.05, 0) is 49.1 Å². The third-order valence-electron chi connectivity index (χ3n) is 4.37. The van der Waals surface area contributed by atoms with Crippen LogP contribution in [0.3, 0.4) is 0 Å². The van der Waals surface area contributed by atoms with Gasteiger partial charge in [-0.1, -0.05) is 11.6 Å². The molecule has 5 rings (SSSR count). The number of halogens is 1. The largest absolute Gasteiger partial charge is 0.437 e. The van der Waals surface area contributed by atoms with Crippen LogP contribution in [0.4, 0.5) is 0 Å². The first-order chi connectivity index (χ1) is 12.8. The molecule has 0 atom stereocenters. The standard InChI is InChI=1S/C19H13ClN4OS/c20-15-7-6-12(10-22-15)25-18-16-13-4-1-5-14(13)26-19(16)24-17(23-18)11-3-2-8-21-9-11/h2-3,6-10H,1,4-5H2. The number of hydrogen-bond donors (Lipinski definition) is 0. The van der Waals surface area contributed by atoms with Crippen molar-refractivity contribution < 1.29 is 4.74 Å². The second-order valence-electron chi connectivity index (χ2n) is 6.05. The van der Waals surface area contributed by atoms with E-state index in [9.17, 15) is 0 Å². The Balaban J connectivity index is 1.69. The van der Waals surface area contributed by atoms with Gasteiger partial charge in [0.05, 0.1) is 11.6 Å². The van der Waals surface area contributed by atoms with Crippen molar-refractivity contribution in [2.24, 2.45) is 0 Å². The summed E-state index contributed by atoms with van der Waals surface area (Å²) in [4.78, 5) is 20.1. The SMILES string of the molecule is Clc1ccc(Oc2nc(-c3cccnc3)nc3sc4c(c23)CCC4)cn1. The van der Waals surface area contributed by atoms with Crippen LogP contribution in [0.5, 0.6) is 11.6 Å². The van der Waals surface area contributed by atoms with E-state index in [1.165, 1.54) is 16.9 Å². The molecule has 0 bridgehead atoms. The van der Waals surface area contributed by atoms with Crippen LogP contribution in [-0.2, 0) is 12.8 Å². The fraction of sp³-hybridized carbons (Fsp3) is 0.158. The highest BCUT2D eigenvalue weighted by Crippen LogP contribution is 2.42. The van der Waals surface area contributed by atoms with Crippen molar-refractivity contribution in [3.63, 3.8) is 0 Å². The van der Waals surface area contributed by atoms with E-state index in [0.717, 1.165) is 28.6 Å². The summed E-state index contributed by atoms with van der Waals surface area (Å²) in [6.45, 7) is 0. The first-order valence-corrected chi connectivity index (χ1v) is 9.49. The zero-order valence-electron chi connectivity index (χ0n) is 13.6. The lowest BCUT2D eigenvalue weighted by Gasteiger charge is -2.09. The topological polar surface area (TPSA) is 60.8 Å². The van der Waals surface area contributed by atoms with Gasteiger partial charge in [0.25, 0.3) is 0 Å². The van der Waals surface area contributed by atoms with E-state index in [-0.39, 0.29) is 0 Å². The maximum atomic E-state index is 6.11. The molecule has 0 spiro atoms. The third kappa shape index (κ3) is 2.71. The molecule has 0 radical (unpaired) electrons. The number of pyridine rings is 2. The van der Waals surface area contributed by atoms with Gasteiger partial charge in [0.2, 0.25) is 5.88 Å². The molecule has 0 aliphatic heterocycles. The first kappa shape index (κ1) is 15.7. The highest BCUT2D eigenvalue weighted by atomic mass is 35.5. The van der Waals surface area contributed by atoms with Crippen LogP contribution in [0.25, 0.3) is 21.6 Å². The van der Waals surface area contributed by atoms with Gasteiger partial charge in [-0.25, -0.2) is 9.97 Å². The smallest absolute Gasteiger partial charge is 0.232 e. The van der Waals surface area contributed by atoms with E-state index in [0.29, 0.717) is 22.6 Å². The van der Waals surface area contributed by atoms with Gasteiger partial charge in [-0.15, -0.1) is 11.3 Å². The van der Waals surface area contributed by atoms with Crippen molar-refractivity contribution in [3.05, 3.63) is 58.4 Å². The van der Waals surface area contributed by atoms with Crippen LogP contribution in [0, 0.1) is 0 Å². The summed E-state index contributed by atoms with van der Waals surface area (Å²) in [5, 5.41) is 1.45. The molecule has 0 fully saturated rings. The van der Waals surface area contributed by atoms with Gasteiger partial charge >= 0.3 is 0 Å². The van der Waals surface area contributed by atoms with Crippen LogP contribution in [0.15, 0.2) is 42.9 Å². The van der Waals surface area contributed by atoms with Crippen molar-refractivity contribution in [2.45, 2.75) is 19.3 Å². The summed E-state index contributed by atoms with van der Waals surface area (Å²) in [7, 11) is 0. The minimum absolute atomic E-state index is 0.428. The summed E-state index contributed by atoms with van der Waals surface area (Å²) >= 11 is 7.61. The number of hydrogen-bond acceptors (Lipinski definition) is 6. The molecule has 0 saturated carbocycles. The molecule has 4 aromatic rings. The Labute approximate surface area is 158 Å². The average Bonchev–Trinajstić information content (AvgIpc) is 3.25. The van der Waals surface area contributed by atoms with E-state index in [1.54, 1.807) is 42.1 Å². The molecule has 1 aliphatic rings. The molecular formula is C19H13ClN4OS. The molecule has 7 heteroatoms. The van der Waals surface area contributed by atoms with Crippen molar-refractivity contribution in [3.8, 4) is 23.0 Å². The molecule has 4 aromatic heterocycles. The van der Waals surface area contributed by atoms with Gasteiger partial charge in [-0.3, -0.25) is 4.98 Å². The maximum absolute atomic E-state index is 6.11. The van der Waals surface area contributed by atoms with Crippen molar-refractivity contribution in [1.82, 2.24) is 19.9 Å². The highest BCUT2D eigenvalue weighted by Gasteiger charge is 2.24. The minimum atomic E-state index is 0.428. The van der Waals surface area contributed by atoms with Crippen LogP contribution in [0.2, 0.25) is 5.15 Å². The second-order valence-corrected chi connectivity index (χ2v) is 7.52. The molecule has 5 nitrogen and oxygen atoms in total. The lowest BCUT2D eigenvalue weighted by Crippen LogP contribution is -1.96. The van der Waals surface area contributed by atoms with Crippen LogP contribution >= 0.6 is 22.9 Å². The second kappa shape index (κ2) is 6.30. The molecule has 0 unspecified atom stereocenters. The van der Waals surface area contributed by atoms with Gasteiger partial charge in [0, 0.05) is 22.8 Å². The normalized spacial score (nSPS) is 13.1. The van der Waals surface area contributed by atoms with Crippen LogP contribution in [0.1, 0.15) is 16.9 Å². The number of aromatic nitrogens is 4. The third-order valence-corrected chi connectivity index (χ3v) is 5.78. The van der Waals surface area contributed by atoms with Gasteiger partial charge in [0.1, 0.15) is 15.7 Å². The number of nitrogens with zero attached hydrogens (tertiary/aromatic N) is 4. The van der Waals surface area contributed by atoms with E-state index in [2.05, 4.69) is 9.97 Å². The summed E-state index contributed by atoms with van der Waals surface area (Å²) in [5.74, 6) is 1.78. The van der Waals surface area contributed by atoms with Crippen molar-refractivity contribution in [1.29, 1.82) is 0 Å². The predicted molar refractivity (Wildman–Crippen MR) is 102 cm³/mol. The Morgan fingerprint density at radius 3 is 2.85 bits per heavy atom. The molecule has 0 N–H and O–H groups in total. The average molecular weight is 381 g/mol. The van der Waals surface area contributed by atoms with E-state index in [4.69, 9.17) is 26.3 Å². The monoisotopic (exact) mass is 380 g/mol. The fourth-order valence-corrected chi connectivity index (χ4v) is 4.56. The minimum Gasteiger partial charge on any atom is -0.437 e. The summed E-state index contributed by atoms with van der Waals surface area (Å²) < 4.78 is 6.11. The van der Waals surface area contributed by atoms with Gasteiger partial charge < -0.3 is 4.74 Å². The zero-order valence-corrected chi connectivity index (χ0v) is 15.2. The Hall–Kier alpha value is -2.57. The first-order valence-electron chi connectivity index (χ1n) is 8.30. The Kier molecular flexibility index (Phi) is 3.80. The van der Waals surface area contributed by atoms with E-state index in [1.807, 2.05) is 12.1 Å². The molecule has 128 valence electrons. The Morgan fingerprint density at radius 2 is 2.04 bits per heavy atom. The molecule has 0 saturated heterocycles. The summed E-state index contributed by atoms with van der Waals surface area (Å²) in [6.07, 6.45) is 8.41. The molecule has 4 heterocycles. The van der Waals surface area contributed by atoms with Crippen molar-refractivity contribution in [2.75, 3.05) is 0 Å². The quantitative estimate of drug-likeness (QED) is 0.463. The van der Waals surface area contributed by atoms with Crippen LogP contribution < -0.4 is 4.74 Å². The Morgan fingerprint density at radius 1 is 1.08 bits per heavy atom. The summed E-state index contributed by atoms with van der Waals surface area (Å²) in [6, 6.07) is 7.32.